The maximum absolute atomic E-state index is 12.8. The van der Waals surface area contributed by atoms with Gasteiger partial charge in [0.25, 0.3) is 0 Å². The minimum atomic E-state index is -0.689. The first-order valence-corrected chi connectivity index (χ1v) is 10.9. The molecule has 0 unspecified atom stereocenters. The van der Waals surface area contributed by atoms with Crippen LogP contribution < -0.4 is 10.6 Å². The molecule has 2 amide bonds. The average molecular weight is 441 g/mol. The number of hydrogen-bond acceptors (Lipinski definition) is 7. The third-order valence-electron chi connectivity index (χ3n) is 4.74. The van der Waals surface area contributed by atoms with E-state index in [9.17, 15) is 14.9 Å². The summed E-state index contributed by atoms with van der Waals surface area (Å²) in [5, 5.41) is 19.8. The number of nitriles is 1. The Hall–Kier alpha value is -3.32. The molecule has 2 N–H and O–H groups in total. The van der Waals surface area contributed by atoms with Gasteiger partial charge in [0.2, 0.25) is 0 Å². The number of rotatable bonds is 7. The van der Waals surface area contributed by atoms with Gasteiger partial charge in [-0.05, 0) is 39.3 Å². The SMILES string of the molecule is CCOC(=O)C1=C(CSc2nc(C)cc(C)c2C#N)NC(=O)N[C@@H]1c1cnn(CC)c1. The number of nitrogens with zero attached hydrogens (tertiary/aromatic N) is 4. The average Bonchev–Trinajstić information content (AvgIpc) is 3.20. The third-order valence-corrected chi connectivity index (χ3v) is 5.74. The fraction of sp³-hybridized carbons (Fsp3) is 0.381. The largest absolute Gasteiger partial charge is 0.463 e. The molecule has 0 saturated heterocycles. The standard InChI is InChI=1S/C21H24N6O3S/c1-5-27-10-14(9-23-27)18-17(20(28)30-6-2)16(25-21(29)26-18)11-31-19-15(8-22)12(3)7-13(4)24-19/h7,9-10,18H,5-6,11H2,1-4H3,(H2,25,26,29)/t18-/m1/s1. The van der Waals surface area contributed by atoms with Crippen molar-refractivity contribution in [1.82, 2.24) is 25.4 Å². The van der Waals surface area contributed by atoms with Crippen molar-refractivity contribution in [2.45, 2.75) is 45.3 Å². The summed E-state index contributed by atoms with van der Waals surface area (Å²) in [7, 11) is 0. The van der Waals surface area contributed by atoms with Crippen molar-refractivity contribution in [2.24, 2.45) is 0 Å². The number of amides is 2. The zero-order chi connectivity index (χ0) is 22.5. The van der Waals surface area contributed by atoms with Crippen molar-refractivity contribution < 1.29 is 14.3 Å². The molecule has 0 saturated carbocycles. The molecule has 3 heterocycles. The van der Waals surface area contributed by atoms with E-state index in [0.29, 0.717) is 34.0 Å². The van der Waals surface area contributed by atoms with E-state index in [1.807, 2.05) is 26.8 Å². The molecule has 0 radical (unpaired) electrons. The summed E-state index contributed by atoms with van der Waals surface area (Å²) < 4.78 is 7.00. The van der Waals surface area contributed by atoms with Gasteiger partial charge in [0, 0.05) is 35.4 Å². The zero-order valence-corrected chi connectivity index (χ0v) is 18.7. The molecule has 162 valence electrons. The van der Waals surface area contributed by atoms with Gasteiger partial charge in [-0.1, -0.05) is 11.8 Å². The number of pyridine rings is 1. The van der Waals surface area contributed by atoms with Crippen molar-refractivity contribution >= 4 is 23.8 Å². The second-order valence-electron chi connectivity index (χ2n) is 6.93. The lowest BCUT2D eigenvalue weighted by atomic mass is 9.98. The summed E-state index contributed by atoms with van der Waals surface area (Å²) in [4.78, 5) is 29.7. The summed E-state index contributed by atoms with van der Waals surface area (Å²) in [6.45, 7) is 8.25. The van der Waals surface area contributed by atoms with Crippen LogP contribution in [0.2, 0.25) is 0 Å². The van der Waals surface area contributed by atoms with Crippen molar-refractivity contribution in [3.63, 3.8) is 0 Å². The lowest BCUT2D eigenvalue weighted by Gasteiger charge is -2.28. The molecule has 3 rings (SSSR count). The van der Waals surface area contributed by atoms with Crippen LogP contribution in [0.1, 0.15) is 42.3 Å². The van der Waals surface area contributed by atoms with E-state index in [2.05, 4.69) is 26.8 Å². The topological polar surface area (TPSA) is 122 Å². The van der Waals surface area contributed by atoms with Gasteiger partial charge < -0.3 is 15.4 Å². The molecule has 1 aliphatic rings. The van der Waals surface area contributed by atoms with Crippen LogP contribution in [0.5, 0.6) is 0 Å². The monoisotopic (exact) mass is 440 g/mol. The number of carbonyl (C=O) groups is 2. The summed E-state index contributed by atoms with van der Waals surface area (Å²) in [6, 6.07) is 2.92. The second-order valence-corrected chi connectivity index (χ2v) is 7.90. The van der Waals surface area contributed by atoms with E-state index in [4.69, 9.17) is 4.74 Å². The van der Waals surface area contributed by atoms with E-state index < -0.39 is 18.0 Å². The van der Waals surface area contributed by atoms with E-state index in [0.717, 1.165) is 11.3 Å². The van der Waals surface area contributed by atoms with Gasteiger partial charge in [0.05, 0.1) is 30.0 Å². The van der Waals surface area contributed by atoms with Gasteiger partial charge >= 0.3 is 12.0 Å². The Labute approximate surface area is 184 Å². The highest BCUT2D eigenvalue weighted by Gasteiger charge is 2.34. The van der Waals surface area contributed by atoms with Gasteiger partial charge in [0.1, 0.15) is 11.1 Å². The molecular formula is C21H24N6O3S. The van der Waals surface area contributed by atoms with Gasteiger partial charge in [-0.3, -0.25) is 4.68 Å². The van der Waals surface area contributed by atoms with E-state index >= 15 is 0 Å². The number of ether oxygens (including phenoxy) is 1. The number of hydrogen-bond donors (Lipinski definition) is 2. The molecule has 2 aromatic rings. The van der Waals surface area contributed by atoms with Crippen LogP contribution in [0, 0.1) is 25.2 Å². The van der Waals surface area contributed by atoms with Crippen LogP contribution in [0.3, 0.4) is 0 Å². The molecule has 1 atom stereocenters. The minimum Gasteiger partial charge on any atom is -0.463 e. The normalized spacial score (nSPS) is 15.8. The lowest BCUT2D eigenvalue weighted by Crippen LogP contribution is -2.46. The number of aromatic nitrogens is 3. The summed E-state index contributed by atoms with van der Waals surface area (Å²) in [6.07, 6.45) is 3.42. The van der Waals surface area contributed by atoms with Crippen molar-refractivity contribution in [1.29, 1.82) is 5.26 Å². The van der Waals surface area contributed by atoms with Crippen LogP contribution in [0.4, 0.5) is 4.79 Å². The van der Waals surface area contributed by atoms with Gasteiger partial charge in [-0.25, -0.2) is 14.6 Å². The fourth-order valence-electron chi connectivity index (χ4n) is 3.32. The second kappa shape index (κ2) is 9.66. The quantitative estimate of drug-likeness (QED) is 0.501. The lowest BCUT2D eigenvalue weighted by molar-refractivity contribution is -0.139. The Morgan fingerprint density at radius 2 is 2.16 bits per heavy atom. The van der Waals surface area contributed by atoms with Crippen molar-refractivity contribution in [3.8, 4) is 6.07 Å². The first-order chi connectivity index (χ1) is 14.9. The van der Waals surface area contributed by atoms with Gasteiger partial charge in [-0.2, -0.15) is 10.4 Å². The number of aryl methyl sites for hydroxylation is 3. The first kappa shape index (κ1) is 22.4. The maximum atomic E-state index is 12.8. The Kier molecular flexibility index (Phi) is 6.97. The molecule has 1 aliphatic heterocycles. The highest BCUT2D eigenvalue weighted by Crippen LogP contribution is 2.31. The summed E-state index contributed by atoms with van der Waals surface area (Å²) in [5.74, 6) is -0.279. The Balaban J connectivity index is 2.01. The molecule has 31 heavy (non-hydrogen) atoms. The maximum Gasteiger partial charge on any atom is 0.338 e. The molecule has 0 aliphatic carbocycles. The smallest absolute Gasteiger partial charge is 0.338 e. The van der Waals surface area contributed by atoms with Crippen LogP contribution in [0.15, 0.2) is 34.8 Å². The first-order valence-electron chi connectivity index (χ1n) is 9.89. The van der Waals surface area contributed by atoms with Gasteiger partial charge in [-0.15, -0.1) is 0 Å². The molecule has 0 fully saturated rings. The molecule has 0 aromatic carbocycles. The third kappa shape index (κ3) is 4.88. The van der Waals surface area contributed by atoms with Crippen LogP contribution in [0.25, 0.3) is 0 Å². The summed E-state index contributed by atoms with van der Waals surface area (Å²) in [5.41, 5.74) is 3.52. The number of nitrogens with one attached hydrogen (secondary N) is 2. The Morgan fingerprint density at radius 1 is 1.39 bits per heavy atom. The minimum absolute atomic E-state index is 0.203. The van der Waals surface area contributed by atoms with Crippen molar-refractivity contribution in [3.05, 3.63) is 52.1 Å². The molecule has 2 aromatic heterocycles. The number of carbonyl (C=O) groups excluding carboxylic acids is 2. The number of urea groups is 1. The van der Waals surface area contributed by atoms with E-state index in [-0.39, 0.29) is 12.4 Å². The van der Waals surface area contributed by atoms with Gasteiger partial charge in [0.15, 0.2) is 0 Å². The van der Waals surface area contributed by atoms with Crippen LogP contribution in [-0.2, 0) is 16.1 Å². The van der Waals surface area contributed by atoms with Crippen LogP contribution >= 0.6 is 11.8 Å². The van der Waals surface area contributed by atoms with Crippen molar-refractivity contribution in [2.75, 3.05) is 12.4 Å². The Morgan fingerprint density at radius 3 is 2.81 bits per heavy atom. The van der Waals surface area contributed by atoms with Crippen LogP contribution in [-0.4, -0.2) is 39.1 Å². The fourth-order valence-corrected chi connectivity index (χ4v) is 4.38. The Bertz CT molecular complexity index is 1090. The summed E-state index contributed by atoms with van der Waals surface area (Å²) >= 11 is 1.29. The zero-order valence-electron chi connectivity index (χ0n) is 17.9. The predicted molar refractivity (Wildman–Crippen MR) is 115 cm³/mol. The predicted octanol–water partition coefficient (Wildman–Crippen LogP) is 2.75. The number of thioether (sulfide) groups is 1. The number of esters is 1. The molecule has 9 nitrogen and oxygen atoms in total. The molecule has 0 spiro atoms. The molecule has 10 heteroatoms. The molecule has 0 bridgehead atoms. The highest BCUT2D eigenvalue weighted by atomic mass is 32.2. The highest BCUT2D eigenvalue weighted by molar-refractivity contribution is 7.99. The van der Waals surface area contributed by atoms with E-state index in [1.165, 1.54) is 11.8 Å². The van der Waals surface area contributed by atoms with E-state index in [1.54, 1.807) is 24.0 Å². The molecular weight excluding hydrogens is 416 g/mol.